The fourth-order valence-electron chi connectivity index (χ4n) is 3.56. The molecule has 3 rings (SSSR count). The van der Waals surface area contributed by atoms with Crippen LogP contribution in [0.1, 0.15) is 33.1 Å². The van der Waals surface area contributed by atoms with Crippen LogP contribution in [0.5, 0.6) is 0 Å². The Balaban J connectivity index is 1.36. The van der Waals surface area contributed by atoms with E-state index in [9.17, 15) is 0 Å². The highest BCUT2D eigenvalue weighted by Gasteiger charge is 2.58. The largest absolute Gasteiger partial charge is 0.380 e. The van der Waals surface area contributed by atoms with Crippen LogP contribution in [0.2, 0.25) is 0 Å². The third-order valence-corrected chi connectivity index (χ3v) is 4.76. The Morgan fingerprint density at radius 1 is 1.29 bits per heavy atom. The van der Waals surface area contributed by atoms with E-state index in [1.165, 1.54) is 19.3 Å². The molecule has 3 nitrogen and oxygen atoms in total. The Labute approximate surface area is 104 Å². The van der Waals surface area contributed by atoms with Gasteiger partial charge in [-0.1, -0.05) is 13.8 Å². The van der Waals surface area contributed by atoms with E-state index in [0.717, 1.165) is 38.2 Å². The van der Waals surface area contributed by atoms with Crippen molar-refractivity contribution in [3.8, 4) is 0 Å². The van der Waals surface area contributed by atoms with Gasteiger partial charge < -0.3 is 14.8 Å². The molecule has 0 bridgehead atoms. The molecule has 0 aromatic rings. The first-order valence-electron chi connectivity index (χ1n) is 7.12. The highest BCUT2D eigenvalue weighted by molar-refractivity contribution is 5.11. The molecule has 3 aliphatic rings. The normalized spacial score (nSPS) is 38.8. The van der Waals surface area contributed by atoms with Crippen LogP contribution in [0.15, 0.2) is 0 Å². The van der Waals surface area contributed by atoms with E-state index in [1.54, 1.807) is 0 Å². The maximum Gasteiger partial charge on any atom is 0.0685 e. The zero-order chi connectivity index (χ0) is 11.9. The van der Waals surface area contributed by atoms with Crippen molar-refractivity contribution < 1.29 is 9.47 Å². The third-order valence-electron chi connectivity index (χ3n) is 4.76. The maximum atomic E-state index is 5.79. The summed E-state index contributed by atoms with van der Waals surface area (Å²) < 4.78 is 11.5. The minimum absolute atomic E-state index is 0.303. The van der Waals surface area contributed by atoms with Crippen LogP contribution in [0.4, 0.5) is 0 Å². The van der Waals surface area contributed by atoms with Gasteiger partial charge in [0.15, 0.2) is 0 Å². The zero-order valence-corrected chi connectivity index (χ0v) is 11.1. The van der Waals surface area contributed by atoms with Crippen LogP contribution in [0.25, 0.3) is 0 Å². The molecule has 2 saturated carbocycles. The number of ether oxygens (including phenoxy) is 2. The van der Waals surface area contributed by atoms with Crippen molar-refractivity contribution in [3.05, 3.63) is 0 Å². The SMILES string of the molecule is CC1(C)C(NCCOCC2CC2)C2CCOC21. The Morgan fingerprint density at radius 3 is 2.88 bits per heavy atom. The molecule has 1 N–H and O–H groups in total. The first-order valence-corrected chi connectivity index (χ1v) is 7.12. The lowest BCUT2D eigenvalue weighted by Crippen LogP contribution is -2.66. The minimum Gasteiger partial charge on any atom is -0.380 e. The second-order valence-corrected chi connectivity index (χ2v) is 6.52. The smallest absolute Gasteiger partial charge is 0.0685 e. The van der Waals surface area contributed by atoms with Crippen LogP contribution < -0.4 is 5.32 Å². The molecule has 3 heteroatoms. The van der Waals surface area contributed by atoms with Gasteiger partial charge in [0, 0.05) is 37.1 Å². The van der Waals surface area contributed by atoms with Gasteiger partial charge in [-0.05, 0) is 25.2 Å². The van der Waals surface area contributed by atoms with Gasteiger partial charge in [-0.25, -0.2) is 0 Å². The molecule has 1 heterocycles. The molecule has 1 saturated heterocycles. The molecular weight excluding hydrogens is 214 g/mol. The zero-order valence-electron chi connectivity index (χ0n) is 11.1. The summed E-state index contributed by atoms with van der Waals surface area (Å²) in [7, 11) is 0. The number of nitrogens with one attached hydrogen (secondary N) is 1. The summed E-state index contributed by atoms with van der Waals surface area (Å²) in [6, 6.07) is 0.625. The summed E-state index contributed by atoms with van der Waals surface area (Å²) in [5.41, 5.74) is 0.303. The van der Waals surface area contributed by atoms with Crippen LogP contribution in [0, 0.1) is 17.3 Å². The van der Waals surface area contributed by atoms with Gasteiger partial charge in [0.05, 0.1) is 12.7 Å². The van der Waals surface area contributed by atoms with Crippen molar-refractivity contribution in [1.29, 1.82) is 0 Å². The van der Waals surface area contributed by atoms with Crippen molar-refractivity contribution in [1.82, 2.24) is 5.32 Å². The van der Waals surface area contributed by atoms with Gasteiger partial charge in [-0.3, -0.25) is 0 Å². The minimum atomic E-state index is 0.303. The van der Waals surface area contributed by atoms with E-state index < -0.39 is 0 Å². The van der Waals surface area contributed by atoms with E-state index in [1.807, 2.05) is 0 Å². The Bertz CT molecular complexity index is 275. The van der Waals surface area contributed by atoms with Crippen molar-refractivity contribution in [3.63, 3.8) is 0 Å². The Morgan fingerprint density at radius 2 is 2.12 bits per heavy atom. The number of hydrogen-bond donors (Lipinski definition) is 1. The summed E-state index contributed by atoms with van der Waals surface area (Å²) >= 11 is 0. The van der Waals surface area contributed by atoms with E-state index in [-0.39, 0.29) is 0 Å². The van der Waals surface area contributed by atoms with Gasteiger partial charge in [-0.2, -0.15) is 0 Å². The molecule has 98 valence electrons. The Kier molecular flexibility index (Phi) is 3.18. The first kappa shape index (κ1) is 11.9. The predicted octanol–water partition coefficient (Wildman–Crippen LogP) is 1.82. The fraction of sp³-hybridized carbons (Fsp3) is 1.00. The number of hydrogen-bond acceptors (Lipinski definition) is 3. The average molecular weight is 239 g/mol. The second kappa shape index (κ2) is 4.52. The van der Waals surface area contributed by atoms with E-state index in [4.69, 9.17) is 9.47 Å². The van der Waals surface area contributed by atoms with Crippen LogP contribution >= 0.6 is 0 Å². The quantitative estimate of drug-likeness (QED) is 0.717. The average Bonchev–Trinajstić information content (AvgIpc) is 3.00. The number of fused-ring (bicyclic) bond motifs is 1. The lowest BCUT2D eigenvalue weighted by Gasteiger charge is -2.55. The molecule has 0 aromatic carbocycles. The van der Waals surface area contributed by atoms with Crippen LogP contribution in [-0.2, 0) is 9.47 Å². The van der Waals surface area contributed by atoms with Crippen LogP contribution in [0.3, 0.4) is 0 Å². The molecule has 0 radical (unpaired) electrons. The molecule has 1 aliphatic heterocycles. The molecular formula is C14H25NO2. The molecule has 0 aromatic heterocycles. The topological polar surface area (TPSA) is 30.5 Å². The monoisotopic (exact) mass is 239 g/mol. The van der Waals surface area contributed by atoms with Crippen molar-refractivity contribution in [2.24, 2.45) is 17.3 Å². The third kappa shape index (κ3) is 2.25. The first-order chi connectivity index (χ1) is 8.19. The van der Waals surface area contributed by atoms with Gasteiger partial charge >= 0.3 is 0 Å². The molecule has 2 aliphatic carbocycles. The molecule has 3 fully saturated rings. The summed E-state index contributed by atoms with van der Waals surface area (Å²) in [6.07, 6.45) is 4.48. The molecule has 3 atom stereocenters. The molecule has 0 amide bonds. The lowest BCUT2D eigenvalue weighted by atomic mass is 9.57. The summed E-state index contributed by atoms with van der Waals surface area (Å²) in [5, 5.41) is 3.67. The number of rotatable bonds is 6. The predicted molar refractivity (Wildman–Crippen MR) is 67.0 cm³/mol. The highest BCUT2D eigenvalue weighted by atomic mass is 16.5. The summed E-state index contributed by atoms with van der Waals surface area (Å²) in [5.74, 6) is 1.62. The maximum absolute atomic E-state index is 5.79. The van der Waals surface area contributed by atoms with Gasteiger partial charge in [0.2, 0.25) is 0 Å². The molecule has 3 unspecified atom stereocenters. The second-order valence-electron chi connectivity index (χ2n) is 6.52. The molecule has 17 heavy (non-hydrogen) atoms. The van der Waals surface area contributed by atoms with Gasteiger partial charge in [0.1, 0.15) is 0 Å². The lowest BCUT2D eigenvalue weighted by molar-refractivity contribution is -0.113. The highest BCUT2D eigenvalue weighted by Crippen LogP contribution is 2.51. The van der Waals surface area contributed by atoms with Gasteiger partial charge in [0.25, 0.3) is 0 Å². The van der Waals surface area contributed by atoms with E-state index >= 15 is 0 Å². The standard InChI is InChI=1S/C14H25NO2/c1-14(2)12(11-5-7-17-13(11)14)15-6-8-16-9-10-3-4-10/h10-13,15H,3-9H2,1-2H3. The molecule has 0 spiro atoms. The van der Waals surface area contributed by atoms with E-state index in [2.05, 4.69) is 19.2 Å². The van der Waals surface area contributed by atoms with Gasteiger partial charge in [-0.15, -0.1) is 0 Å². The van der Waals surface area contributed by atoms with E-state index in [0.29, 0.717) is 17.6 Å². The Hall–Kier alpha value is -0.120. The fourth-order valence-corrected chi connectivity index (χ4v) is 3.56. The van der Waals surface area contributed by atoms with Crippen molar-refractivity contribution in [2.75, 3.05) is 26.4 Å². The van der Waals surface area contributed by atoms with Crippen molar-refractivity contribution in [2.45, 2.75) is 45.3 Å². The summed E-state index contributed by atoms with van der Waals surface area (Å²) in [4.78, 5) is 0. The summed E-state index contributed by atoms with van der Waals surface area (Å²) in [6.45, 7) is 8.43. The van der Waals surface area contributed by atoms with Crippen LogP contribution in [-0.4, -0.2) is 38.5 Å². The van der Waals surface area contributed by atoms with Crippen molar-refractivity contribution >= 4 is 0 Å².